The second kappa shape index (κ2) is 6.28. The molecule has 1 heterocycles. The van der Waals surface area contributed by atoms with E-state index in [1.165, 1.54) is 0 Å². The number of pyridine rings is 1. The van der Waals surface area contributed by atoms with Crippen molar-refractivity contribution in [3.05, 3.63) is 36.7 Å². The van der Waals surface area contributed by atoms with E-state index < -0.39 is 0 Å². The highest BCUT2D eigenvalue weighted by Crippen LogP contribution is 2.11. The molecule has 0 aliphatic heterocycles. The molecular formula is C13H20N2O. The van der Waals surface area contributed by atoms with Crippen molar-refractivity contribution >= 4 is 0 Å². The molecule has 3 nitrogen and oxygen atoms in total. The number of aromatic nitrogens is 1. The fourth-order valence-corrected chi connectivity index (χ4v) is 1.16. The van der Waals surface area contributed by atoms with Gasteiger partial charge in [-0.2, -0.15) is 0 Å². The second-order valence-corrected chi connectivity index (χ2v) is 4.08. The average Bonchev–Trinajstić information content (AvgIpc) is 2.28. The molecule has 1 rings (SSSR count). The molecule has 3 heteroatoms. The zero-order chi connectivity index (χ0) is 12.0. The lowest BCUT2D eigenvalue weighted by atomic mass is 10.3. The predicted octanol–water partition coefficient (Wildman–Crippen LogP) is 2.53. The number of nitrogens with one attached hydrogen (secondary N) is 1. The molecule has 1 atom stereocenters. The van der Waals surface area contributed by atoms with E-state index in [0.29, 0.717) is 6.04 Å². The zero-order valence-electron chi connectivity index (χ0n) is 10.2. The van der Waals surface area contributed by atoms with E-state index in [1.807, 2.05) is 19.1 Å². The number of hydrogen-bond donors (Lipinski definition) is 1. The Hall–Kier alpha value is -1.35. The molecule has 1 N–H and O–H groups in total. The minimum absolute atomic E-state index is 0.0152. The van der Waals surface area contributed by atoms with Crippen LogP contribution in [0.25, 0.3) is 0 Å². The van der Waals surface area contributed by atoms with Crippen LogP contribution in [0.4, 0.5) is 0 Å². The first-order valence-electron chi connectivity index (χ1n) is 5.59. The molecule has 16 heavy (non-hydrogen) atoms. The molecule has 0 saturated carbocycles. The fraction of sp³-hybridized carbons (Fsp3) is 0.462. The van der Waals surface area contributed by atoms with E-state index in [0.717, 1.165) is 18.0 Å². The van der Waals surface area contributed by atoms with Crippen LogP contribution in [-0.4, -0.2) is 17.1 Å². The molecule has 0 fully saturated rings. The van der Waals surface area contributed by atoms with Gasteiger partial charge in [-0.25, -0.2) is 0 Å². The van der Waals surface area contributed by atoms with Crippen LogP contribution < -0.4 is 10.1 Å². The third-order valence-corrected chi connectivity index (χ3v) is 2.14. The number of hydrogen-bond acceptors (Lipinski definition) is 3. The minimum atomic E-state index is 0.0152. The van der Waals surface area contributed by atoms with Gasteiger partial charge in [0.15, 0.2) is 0 Å². The Bertz CT molecular complexity index is 319. The van der Waals surface area contributed by atoms with Gasteiger partial charge in [0.25, 0.3) is 0 Å². The summed E-state index contributed by atoms with van der Waals surface area (Å²) in [6.45, 7) is 10.6. The monoisotopic (exact) mass is 220 g/mol. The summed E-state index contributed by atoms with van der Waals surface area (Å²) >= 11 is 0. The Morgan fingerprint density at radius 3 is 2.69 bits per heavy atom. The Morgan fingerprint density at radius 2 is 2.19 bits per heavy atom. The van der Waals surface area contributed by atoms with Crippen LogP contribution in [0.3, 0.4) is 0 Å². The standard InChI is InChI=1S/C13H20N2O/c1-5-11(4)16-13-7-6-12(15-9-13)8-14-10(2)3/h5-7,9-11,14H,1,8H2,2-4H3. The summed E-state index contributed by atoms with van der Waals surface area (Å²) in [5.74, 6) is 0.778. The van der Waals surface area contributed by atoms with E-state index in [9.17, 15) is 0 Å². The summed E-state index contributed by atoms with van der Waals surface area (Å²) in [6.07, 6.45) is 3.52. The van der Waals surface area contributed by atoms with Crippen molar-refractivity contribution in [2.24, 2.45) is 0 Å². The molecule has 0 radical (unpaired) electrons. The third kappa shape index (κ3) is 4.45. The second-order valence-electron chi connectivity index (χ2n) is 4.08. The van der Waals surface area contributed by atoms with Crippen molar-refractivity contribution in [3.63, 3.8) is 0 Å². The van der Waals surface area contributed by atoms with Crippen molar-refractivity contribution in [1.29, 1.82) is 0 Å². The van der Waals surface area contributed by atoms with Gasteiger partial charge < -0.3 is 10.1 Å². The maximum Gasteiger partial charge on any atom is 0.138 e. The molecule has 0 aromatic carbocycles. The van der Waals surface area contributed by atoms with Crippen molar-refractivity contribution < 1.29 is 4.74 Å². The highest BCUT2D eigenvalue weighted by atomic mass is 16.5. The molecule has 1 unspecified atom stereocenters. The normalized spacial score (nSPS) is 12.5. The van der Waals surface area contributed by atoms with Gasteiger partial charge in [0.2, 0.25) is 0 Å². The first-order chi connectivity index (χ1) is 7.61. The lowest BCUT2D eigenvalue weighted by molar-refractivity contribution is 0.269. The molecule has 0 aliphatic rings. The summed E-state index contributed by atoms with van der Waals surface area (Å²) in [6, 6.07) is 4.38. The van der Waals surface area contributed by atoms with Gasteiger partial charge in [0.05, 0.1) is 11.9 Å². The molecule has 1 aromatic rings. The minimum Gasteiger partial charge on any atom is -0.485 e. The van der Waals surface area contributed by atoms with Crippen molar-refractivity contribution in [2.45, 2.75) is 39.5 Å². The largest absolute Gasteiger partial charge is 0.485 e. The van der Waals surface area contributed by atoms with E-state index in [1.54, 1.807) is 12.3 Å². The maximum absolute atomic E-state index is 5.54. The maximum atomic E-state index is 5.54. The summed E-state index contributed by atoms with van der Waals surface area (Å²) in [5, 5.41) is 3.31. The molecule has 88 valence electrons. The average molecular weight is 220 g/mol. The van der Waals surface area contributed by atoms with Crippen LogP contribution in [0.5, 0.6) is 5.75 Å². The van der Waals surface area contributed by atoms with Crippen LogP contribution in [0.1, 0.15) is 26.5 Å². The molecule has 0 saturated heterocycles. The number of ether oxygens (including phenoxy) is 1. The van der Waals surface area contributed by atoms with E-state index in [2.05, 4.69) is 30.7 Å². The van der Waals surface area contributed by atoms with Crippen LogP contribution in [-0.2, 0) is 6.54 Å². The summed E-state index contributed by atoms with van der Waals surface area (Å²) < 4.78 is 5.54. The molecule has 0 amide bonds. The van der Waals surface area contributed by atoms with E-state index in [-0.39, 0.29) is 6.10 Å². The zero-order valence-corrected chi connectivity index (χ0v) is 10.2. The van der Waals surface area contributed by atoms with Crippen LogP contribution in [0.15, 0.2) is 31.0 Å². The van der Waals surface area contributed by atoms with Gasteiger partial charge in [-0.1, -0.05) is 26.5 Å². The molecule has 1 aromatic heterocycles. The van der Waals surface area contributed by atoms with E-state index >= 15 is 0 Å². The third-order valence-electron chi connectivity index (χ3n) is 2.14. The molecule has 0 aliphatic carbocycles. The van der Waals surface area contributed by atoms with Crippen LogP contribution >= 0.6 is 0 Å². The highest BCUT2D eigenvalue weighted by molar-refractivity contribution is 5.20. The quantitative estimate of drug-likeness (QED) is 0.748. The SMILES string of the molecule is C=CC(C)Oc1ccc(CNC(C)C)nc1. The van der Waals surface area contributed by atoms with Gasteiger partial charge >= 0.3 is 0 Å². The number of nitrogens with zero attached hydrogens (tertiary/aromatic N) is 1. The van der Waals surface area contributed by atoms with Gasteiger partial charge in [0.1, 0.15) is 11.9 Å². The van der Waals surface area contributed by atoms with Gasteiger partial charge in [-0.05, 0) is 19.1 Å². The van der Waals surface area contributed by atoms with Gasteiger partial charge in [-0.3, -0.25) is 4.98 Å². The Kier molecular flexibility index (Phi) is 4.99. The lowest BCUT2D eigenvalue weighted by Gasteiger charge is -2.11. The first-order valence-corrected chi connectivity index (χ1v) is 5.59. The van der Waals surface area contributed by atoms with Crippen molar-refractivity contribution in [1.82, 2.24) is 10.3 Å². The van der Waals surface area contributed by atoms with Crippen LogP contribution in [0.2, 0.25) is 0 Å². The Morgan fingerprint density at radius 1 is 1.44 bits per heavy atom. The van der Waals surface area contributed by atoms with Crippen molar-refractivity contribution in [3.8, 4) is 5.75 Å². The Labute approximate surface area is 97.5 Å². The van der Waals surface area contributed by atoms with Gasteiger partial charge in [0, 0.05) is 12.6 Å². The van der Waals surface area contributed by atoms with Gasteiger partial charge in [-0.15, -0.1) is 0 Å². The topological polar surface area (TPSA) is 34.1 Å². The number of rotatable bonds is 6. The van der Waals surface area contributed by atoms with Crippen molar-refractivity contribution in [2.75, 3.05) is 0 Å². The van der Waals surface area contributed by atoms with E-state index in [4.69, 9.17) is 4.74 Å². The smallest absolute Gasteiger partial charge is 0.138 e. The summed E-state index contributed by atoms with van der Waals surface area (Å²) in [4.78, 5) is 4.32. The summed E-state index contributed by atoms with van der Waals surface area (Å²) in [5.41, 5.74) is 1.02. The fourth-order valence-electron chi connectivity index (χ4n) is 1.16. The first kappa shape index (κ1) is 12.7. The molecule has 0 spiro atoms. The molecule has 0 bridgehead atoms. The molecular weight excluding hydrogens is 200 g/mol. The Balaban J connectivity index is 2.50. The lowest BCUT2D eigenvalue weighted by Crippen LogP contribution is -2.22. The van der Waals surface area contributed by atoms with Crippen LogP contribution in [0, 0.1) is 0 Å². The highest BCUT2D eigenvalue weighted by Gasteiger charge is 2.00. The summed E-state index contributed by atoms with van der Waals surface area (Å²) in [7, 11) is 0. The predicted molar refractivity (Wildman–Crippen MR) is 66.5 cm³/mol.